The molecule has 110 valence electrons. The van der Waals surface area contributed by atoms with Crippen LogP contribution < -0.4 is 10.1 Å². The van der Waals surface area contributed by atoms with Gasteiger partial charge in [0.15, 0.2) is 9.84 Å². The van der Waals surface area contributed by atoms with Gasteiger partial charge in [-0.1, -0.05) is 0 Å². The van der Waals surface area contributed by atoms with Crippen LogP contribution in [0.15, 0.2) is 18.2 Å². The zero-order valence-corrected chi connectivity index (χ0v) is 11.9. The summed E-state index contributed by atoms with van der Waals surface area (Å²) in [5.41, 5.74) is 0.591. The molecule has 0 saturated carbocycles. The van der Waals surface area contributed by atoms with Gasteiger partial charge in [0.2, 0.25) is 0 Å². The molecule has 2 rings (SSSR count). The molecule has 0 bridgehead atoms. The monoisotopic (exact) mass is 299 g/mol. The Bertz CT molecular complexity index is 611. The molecule has 0 amide bonds. The van der Waals surface area contributed by atoms with Crippen molar-refractivity contribution in [2.75, 3.05) is 30.5 Å². The molecule has 1 aliphatic rings. The second-order valence-corrected chi connectivity index (χ2v) is 7.10. The summed E-state index contributed by atoms with van der Waals surface area (Å²) < 4.78 is 27.8. The SMILES string of the molecule is COc1ccc(C(=O)O)c(NCC2CCS(=O)(=O)C2)c1. The summed E-state index contributed by atoms with van der Waals surface area (Å²) in [6.45, 7) is 0.437. The van der Waals surface area contributed by atoms with Gasteiger partial charge < -0.3 is 15.2 Å². The van der Waals surface area contributed by atoms with E-state index >= 15 is 0 Å². The highest BCUT2D eigenvalue weighted by molar-refractivity contribution is 7.91. The molecule has 1 aromatic carbocycles. The predicted octanol–water partition coefficient (Wildman–Crippen LogP) is 1.24. The third kappa shape index (κ3) is 3.41. The van der Waals surface area contributed by atoms with Crippen LogP contribution in [-0.2, 0) is 9.84 Å². The van der Waals surface area contributed by atoms with Gasteiger partial charge in [0.1, 0.15) is 5.75 Å². The lowest BCUT2D eigenvalue weighted by atomic mass is 10.1. The fourth-order valence-corrected chi connectivity index (χ4v) is 4.13. The van der Waals surface area contributed by atoms with Gasteiger partial charge in [0, 0.05) is 12.6 Å². The molecule has 2 N–H and O–H groups in total. The Morgan fingerprint density at radius 2 is 2.25 bits per heavy atom. The molecule has 1 heterocycles. The van der Waals surface area contributed by atoms with Crippen molar-refractivity contribution < 1.29 is 23.1 Å². The highest BCUT2D eigenvalue weighted by Crippen LogP contribution is 2.24. The van der Waals surface area contributed by atoms with Crippen LogP contribution in [0, 0.1) is 5.92 Å². The van der Waals surface area contributed by atoms with Crippen LogP contribution in [0.1, 0.15) is 16.8 Å². The maximum Gasteiger partial charge on any atom is 0.337 e. The van der Waals surface area contributed by atoms with E-state index in [-0.39, 0.29) is 23.0 Å². The topological polar surface area (TPSA) is 92.7 Å². The van der Waals surface area contributed by atoms with Crippen LogP contribution in [-0.4, -0.2) is 44.7 Å². The van der Waals surface area contributed by atoms with Gasteiger partial charge in [-0.15, -0.1) is 0 Å². The van der Waals surface area contributed by atoms with E-state index in [2.05, 4.69) is 5.32 Å². The number of benzene rings is 1. The fraction of sp³-hybridized carbons (Fsp3) is 0.462. The molecule has 7 heteroatoms. The largest absolute Gasteiger partial charge is 0.497 e. The van der Waals surface area contributed by atoms with E-state index in [9.17, 15) is 13.2 Å². The lowest BCUT2D eigenvalue weighted by Gasteiger charge is -2.14. The summed E-state index contributed by atoms with van der Waals surface area (Å²) in [6.07, 6.45) is 0.613. The fourth-order valence-electron chi connectivity index (χ4n) is 2.27. The molecule has 1 unspecified atom stereocenters. The molecule has 1 fully saturated rings. The summed E-state index contributed by atoms with van der Waals surface area (Å²) >= 11 is 0. The van der Waals surface area contributed by atoms with Gasteiger partial charge in [-0.05, 0) is 24.5 Å². The number of carbonyl (C=O) groups is 1. The van der Waals surface area contributed by atoms with Crippen molar-refractivity contribution in [1.29, 1.82) is 0 Å². The maximum absolute atomic E-state index is 11.4. The first-order valence-corrected chi connectivity index (χ1v) is 8.09. The Morgan fingerprint density at radius 3 is 2.80 bits per heavy atom. The van der Waals surface area contributed by atoms with Crippen molar-refractivity contribution in [3.8, 4) is 5.75 Å². The number of nitrogens with one attached hydrogen (secondary N) is 1. The zero-order chi connectivity index (χ0) is 14.8. The van der Waals surface area contributed by atoms with Crippen LogP contribution in [0.4, 0.5) is 5.69 Å². The lowest BCUT2D eigenvalue weighted by Crippen LogP contribution is -2.17. The predicted molar refractivity (Wildman–Crippen MR) is 75.2 cm³/mol. The standard InChI is InChI=1S/C13H17NO5S/c1-19-10-2-3-11(13(15)16)12(6-10)14-7-9-4-5-20(17,18)8-9/h2-3,6,9,14H,4-5,7-8H2,1H3,(H,15,16). The Morgan fingerprint density at radius 1 is 1.50 bits per heavy atom. The van der Waals surface area contributed by atoms with Crippen molar-refractivity contribution in [1.82, 2.24) is 0 Å². The molecular formula is C13H17NO5S. The normalized spacial score (nSPS) is 20.6. The molecule has 1 aromatic rings. The number of carboxylic acids is 1. The second-order valence-electron chi connectivity index (χ2n) is 4.87. The van der Waals surface area contributed by atoms with Crippen LogP contribution in [0.2, 0.25) is 0 Å². The van der Waals surface area contributed by atoms with Crippen molar-refractivity contribution in [3.05, 3.63) is 23.8 Å². The highest BCUT2D eigenvalue weighted by Gasteiger charge is 2.27. The van der Waals surface area contributed by atoms with Crippen molar-refractivity contribution in [3.63, 3.8) is 0 Å². The van der Waals surface area contributed by atoms with Crippen LogP contribution in [0.3, 0.4) is 0 Å². The number of hydrogen-bond acceptors (Lipinski definition) is 5. The molecule has 1 atom stereocenters. The molecule has 0 aliphatic carbocycles. The Balaban J connectivity index is 2.10. The van der Waals surface area contributed by atoms with E-state index < -0.39 is 15.8 Å². The van der Waals surface area contributed by atoms with E-state index in [0.29, 0.717) is 24.4 Å². The average Bonchev–Trinajstić information content (AvgIpc) is 2.75. The lowest BCUT2D eigenvalue weighted by molar-refractivity contribution is 0.0698. The summed E-state index contributed by atoms with van der Waals surface area (Å²) in [5, 5.41) is 12.2. The molecular weight excluding hydrogens is 282 g/mol. The van der Waals surface area contributed by atoms with Crippen molar-refractivity contribution >= 4 is 21.5 Å². The molecule has 0 radical (unpaired) electrons. The maximum atomic E-state index is 11.4. The first-order valence-electron chi connectivity index (χ1n) is 6.27. The van der Waals surface area contributed by atoms with Crippen LogP contribution in [0.25, 0.3) is 0 Å². The van der Waals surface area contributed by atoms with Crippen molar-refractivity contribution in [2.24, 2.45) is 5.92 Å². The number of methoxy groups -OCH3 is 1. The molecule has 0 spiro atoms. The van der Waals surface area contributed by atoms with Gasteiger partial charge in [0.05, 0.1) is 29.9 Å². The minimum atomic E-state index is -2.92. The summed E-state index contributed by atoms with van der Waals surface area (Å²) in [4.78, 5) is 11.1. The quantitative estimate of drug-likeness (QED) is 0.850. The van der Waals surface area contributed by atoms with Gasteiger partial charge >= 0.3 is 5.97 Å². The number of hydrogen-bond donors (Lipinski definition) is 2. The molecule has 6 nitrogen and oxygen atoms in total. The third-order valence-corrected chi connectivity index (χ3v) is 5.20. The number of sulfone groups is 1. The molecule has 1 saturated heterocycles. The highest BCUT2D eigenvalue weighted by atomic mass is 32.2. The summed E-state index contributed by atoms with van der Waals surface area (Å²) in [5.74, 6) is -0.0890. The second kappa shape index (κ2) is 5.70. The minimum Gasteiger partial charge on any atom is -0.497 e. The van der Waals surface area contributed by atoms with Gasteiger partial charge in [0.25, 0.3) is 0 Å². The Labute approximate surface area is 117 Å². The van der Waals surface area contributed by atoms with Gasteiger partial charge in [-0.2, -0.15) is 0 Å². The molecule has 20 heavy (non-hydrogen) atoms. The number of rotatable bonds is 5. The Kier molecular flexibility index (Phi) is 4.17. The summed E-state index contributed by atoms with van der Waals surface area (Å²) in [7, 11) is -1.42. The first-order chi connectivity index (χ1) is 9.41. The van der Waals surface area contributed by atoms with E-state index in [1.807, 2.05) is 0 Å². The van der Waals surface area contributed by atoms with Crippen molar-refractivity contribution in [2.45, 2.75) is 6.42 Å². The minimum absolute atomic E-state index is 0.0212. The first kappa shape index (κ1) is 14.6. The van der Waals surface area contributed by atoms with Crippen LogP contribution >= 0.6 is 0 Å². The average molecular weight is 299 g/mol. The zero-order valence-electron chi connectivity index (χ0n) is 11.1. The third-order valence-electron chi connectivity index (χ3n) is 3.37. The van der Waals surface area contributed by atoms with E-state index in [0.717, 1.165) is 0 Å². The summed E-state index contributed by atoms with van der Waals surface area (Å²) in [6, 6.07) is 4.65. The number of anilines is 1. The smallest absolute Gasteiger partial charge is 0.337 e. The van der Waals surface area contributed by atoms with Gasteiger partial charge in [-0.3, -0.25) is 0 Å². The molecule has 0 aromatic heterocycles. The Hall–Kier alpha value is -1.76. The van der Waals surface area contributed by atoms with E-state index in [1.54, 1.807) is 12.1 Å². The van der Waals surface area contributed by atoms with E-state index in [4.69, 9.17) is 9.84 Å². The number of carboxylic acid groups (broad SMARTS) is 1. The van der Waals surface area contributed by atoms with E-state index in [1.165, 1.54) is 13.2 Å². The number of aromatic carboxylic acids is 1. The number of ether oxygens (including phenoxy) is 1. The molecule has 1 aliphatic heterocycles. The van der Waals surface area contributed by atoms with Gasteiger partial charge in [-0.25, -0.2) is 13.2 Å². The van der Waals surface area contributed by atoms with Crippen LogP contribution in [0.5, 0.6) is 5.75 Å².